The fourth-order valence-corrected chi connectivity index (χ4v) is 3.88. The number of ketones is 1. The normalized spacial score (nSPS) is 14.2. The predicted octanol–water partition coefficient (Wildman–Crippen LogP) is 4.03. The second-order valence-electron chi connectivity index (χ2n) is 9.70. The maximum absolute atomic E-state index is 13.4. The van der Waals surface area contributed by atoms with E-state index in [1.807, 2.05) is 58.0 Å². The Hall–Kier alpha value is -2.25. The van der Waals surface area contributed by atoms with Gasteiger partial charge in [-0.2, -0.15) is 0 Å². The summed E-state index contributed by atoms with van der Waals surface area (Å²) in [5, 5.41) is 13.4. The highest BCUT2D eigenvalue weighted by atomic mass is 16.5. The quantitative estimate of drug-likeness (QED) is 0.167. The van der Waals surface area contributed by atoms with Crippen molar-refractivity contribution in [2.75, 3.05) is 19.8 Å². The van der Waals surface area contributed by atoms with E-state index < -0.39 is 23.3 Å². The Morgan fingerprint density at radius 3 is 2.42 bits per heavy atom. The number of hydrogen-bond donors (Lipinski definition) is 2. The van der Waals surface area contributed by atoms with Gasteiger partial charge in [-0.15, -0.1) is 0 Å². The molecule has 1 aromatic carbocycles. The summed E-state index contributed by atoms with van der Waals surface area (Å²) >= 11 is 0. The van der Waals surface area contributed by atoms with Crippen LogP contribution in [0.15, 0.2) is 30.3 Å². The number of nitrogens with zero attached hydrogens (tertiary/aromatic N) is 1. The summed E-state index contributed by atoms with van der Waals surface area (Å²) in [4.78, 5) is 37.4. The molecule has 186 valence electrons. The number of benzene rings is 1. The van der Waals surface area contributed by atoms with Gasteiger partial charge in [0.2, 0.25) is 12.3 Å². The van der Waals surface area contributed by atoms with Crippen LogP contribution in [-0.2, 0) is 25.5 Å². The zero-order valence-corrected chi connectivity index (χ0v) is 20.9. The van der Waals surface area contributed by atoms with Crippen molar-refractivity contribution in [1.82, 2.24) is 10.4 Å². The number of hydrogen-bond acceptors (Lipinski definition) is 5. The molecule has 0 aliphatic heterocycles. The molecule has 0 radical (unpaired) electrons. The SMILES string of the molecule is CCCOCCNC(=O)[C@@H](CC(=O)[C@H](CCCc1ccccc1)[C@H](C)N(O)C=O)C(C)(C)C. The maximum atomic E-state index is 13.4. The first kappa shape index (κ1) is 28.8. The van der Waals surface area contributed by atoms with Crippen LogP contribution in [0.1, 0.15) is 65.9 Å². The molecule has 0 spiro atoms. The number of aryl methyl sites for hydroxylation is 1. The molecule has 2 amide bonds. The van der Waals surface area contributed by atoms with Crippen LogP contribution in [0.4, 0.5) is 0 Å². The summed E-state index contributed by atoms with van der Waals surface area (Å²) in [6.45, 7) is 11.0. The molecular weight excluding hydrogens is 420 g/mol. The zero-order chi connectivity index (χ0) is 24.9. The third kappa shape index (κ3) is 10.5. The van der Waals surface area contributed by atoms with E-state index >= 15 is 0 Å². The minimum absolute atomic E-state index is 0.0538. The topological polar surface area (TPSA) is 95.9 Å². The first-order valence-corrected chi connectivity index (χ1v) is 12.0. The summed E-state index contributed by atoms with van der Waals surface area (Å²) in [5.74, 6) is -1.38. The van der Waals surface area contributed by atoms with E-state index in [4.69, 9.17) is 4.74 Å². The maximum Gasteiger partial charge on any atom is 0.233 e. The molecule has 7 nitrogen and oxygen atoms in total. The van der Waals surface area contributed by atoms with Crippen molar-refractivity contribution in [3.05, 3.63) is 35.9 Å². The van der Waals surface area contributed by atoms with Crippen LogP contribution in [0.5, 0.6) is 0 Å². The fraction of sp³-hybridized carbons (Fsp3) is 0.654. The van der Waals surface area contributed by atoms with E-state index in [0.717, 1.165) is 19.3 Å². The summed E-state index contributed by atoms with van der Waals surface area (Å²) in [6, 6.07) is 9.31. The molecule has 3 atom stereocenters. The Morgan fingerprint density at radius 1 is 1.18 bits per heavy atom. The highest BCUT2D eigenvalue weighted by Crippen LogP contribution is 2.32. The molecule has 2 N–H and O–H groups in total. The van der Waals surface area contributed by atoms with Crippen molar-refractivity contribution < 1.29 is 24.3 Å². The van der Waals surface area contributed by atoms with Crippen molar-refractivity contribution >= 4 is 18.1 Å². The second-order valence-corrected chi connectivity index (χ2v) is 9.70. The summed E-state index contributed by atoms with van der Waals surface area (Å²) in [6.07, 6.45) is 3.34. The smallest absolute Gasteiger partial charge is 0.233 e. The number of carbonyl (C=O) groups excluding carboxylic acids is 3. The summed E-state index contributed by atoms with van der Waals surface area (Å²) < 4.78 is 5.42. The zero-order valence-electron chi connectivity index (χ0n) is 20.9. The standard InChI is InChI=1S/C26H42N2O5/c1-6-16-33-17-15-27-25(31)23(26(3,4)5)18-24(30)22(20(2)28(32)19-29)14-10-13-21-11-8-7-9-12-21/h7-9,11-12,19-20,22-23,32H,6,10,13-18H2,1-5H3,(H,27,31)/t20-,22+,23+/m0/s1. The monoisotopic (exact) mass is 462 g/mol. The van der Waals surface area contributed by atoms with Crippen LogP contribution < -0.4 is 5.32 Å². The molecule has 1 aromatic rings. The minimum atomic E-state index is -0.670. The molecule has 0 aromatic heterocycles. The third-order valence-electron chi connectivity index (χ3n) is 6.01. The Morgan fingerprint density at radius 2 is 1.85 bits per heavy atom. The predicted molar refractivity (Wildman–Crippen MR) is 129 cm³/mol. The van der Waals surface area contributed by atoms with Crippen LogP contribution >= 0.6 is 0 Å². The molecule has 0 bridgehead atoms. The van der Waals surface area contributed by atoms with Crippen LogP contribution in [0.3, 0.4) is 0 Å². The van der Waals surface area contributed by atoms with Gasteiger partial charge >= 0.3 is 0 Å². The van der Waals surface area contributed by atoms with Crippen LogP contribution in [-0.4, -0.2) is 54.2 Å². The van der Waals surface area contributed by atoms with Gasteiger partial charge in [0.15, 0.2) is 0 Å². The Labute approximate surface area is 198 Å². The lowest BCUT2D eigenvalue weighted by atomic mass is 9.74. The Balaban J connectivity index is 2.85. The molecule has 0 aliphatic rings. The van der Waals surface area contributed by atoms with Gasteiger partial charge in [0.25, 0.3) is 0 Å². The molecule has 0 saturated carbocycles. The number of nitrogens with one attached hydrogen (secondary N) is 1. The molecule has 0 fully saturated rings. The number of rotatable bonds is 16. The van der Waals surface area contributed by atoms with Crippen molar-refractivity contribution in [1.29, 1.82) is 0 Å². The average Bonchev–Trinajstić information content (AvgIpc) is 2.78. The first-order valence-electron chi connectivity index (χ1n) is 12.0. The molecule has 0 aliphatic carbocycles. The molecule has 1 rings (SSSR count). The van der Waals surface area contributed by atoms with Crippen molar-refractivity contribution in [3.8, 4) is 0 Å². The van der Waals surface area contributed by atoms with E-state index in [9.17, 15) is 19.6 Å². The molecule has 7 heteroatoms. The highest BCUT2D eigenvalue weighted by Gasteiger charge is 2.37. The highest BCUT2D eigenvalue weighted by molar-refractivity contribution is 5.89. The van der Waals surface area contributed by atoms with Gasteiger partial charge in [0, 0.05) is 31.4 Å². The first-order chi connectivity index (χ1) is 15.6. The summed E-state index contributed by atoms with van der Waals surface area (Å²) in [5.41, 5.74) is 0.746. The van der Waals surface area contributed by atoms with Gasteiger partial charge in [0.1, 0.15) is 5.78 Å². The van der Waals surface area contributed by atoms with E-state index in [1.54, 1.807) is 6.92 Å². The number of Topliss-reactive ketones (excluding diaryl/α,β-unsaturated/α-hetero) is 1. The van der Waals surface area contributed by atoms with E-state index in [0.29, 0.717) is 37.7 Å². The lowest BCUT2D eigenvalue weighted by molar-refractivity contribution is -0.166. The van der Waals surface area contributed by atoms with Gasteiger partial charge < -0.3 is 10.1 Å². The van der Waals surface area contributed by atoms with Crippen LogP contribution in [0, 0.1) is 17.3 Å². The second kappa shape index (κ2) is 14.8. The van der Waals surface area contributed by atoms with Gasteiger partial charge in [-0.05, 0) is 43.6 Å². The number of hydroxylamine groups is 2. The number of amides is 2. The molecule has 33 heavy (non-hydrogen) atoms. The van der Waals surface area contributed by atoms with Gasteiger partial charge in [-0.25, -0.2) is 5.06 Å². The molecule has 0 saturated heterocycles. The largest absolute Gasteiger partial charge is 0.380 e. The molecule has 0 unspecified atom stereocenters. The van der Waals surface area contributed by atoms with Crippen molar-refractivity contribution in [2.45, 2.75) is 72.8 Å². The van der Waals surface area contributed by atoms with E-state index in [-0.39, 0.29) is 18.1 Å². The van der Waals surface area contributed by atoms with Gasteiger partial charge in [-0.1, -0.05) is 58.0 Å². The van der Waals surface area contributed by atoms with Crippen molar-refractivity contribution in [3.63, 3.8) is 0 Å². The lowest BCUT2D eigenvalue weighted by Crippen LogP contribution is -2.44. The lowest BCUT2D eigenvalue weighted by Gasteiger charge is -2.32. The Kier molecular flexibility index (Phi) is 12.9. The number of ether oxygens (including phenoxy) is 1. The van der Waals surface area contributed by atoms with Gasteiger partial charge in [-0.3, -0.25) is 19.6 Å². The van der Waals surface area contributed by atoms with Gasteiger partial charge in [0.05, 0.1) is 12.6 Å². The molecular formula is C26H42N2O5. The fourth-order valence-electron chi connectivity index (χ4n) is 3.88. The third-order valence-corrected chi connectivity index (χ3v) is 6.01. The van der Waals surface area contributed by atoms with Crippen LogP contribution in [0.25, 0.3) is 0 Å². The Bertz CT molecular complexity index is 717. The number of carbonyl (C=O) groups is 3. The summed E-state index contributed by atoms with van der Waals surface area (Å²) in [7, 11) is 0. The van der Waals surface area contributed by atoms with E-state index in [1.165, 1.54) is 5.56 Å². The average molecular weight is 463 g/mol. The molecule has 0 heterocycles. The minimum Gasteiger partial charge on any atom is -0.380 e. The van der Waals surface area contributed by atoms with E-state index in [2.05, 4.69) is 5.32 Å². The van der Waals surface area contributed by atoms with Crippen molar-refractivity contribution in [2.24, 2.45) is 17.3 Å². The van der Waals surface area contributed by atoms with Crippen LogP contribution in [0.2, 0.25) is 0 Å².